The Morgan fingerprint density at radius 1 is 1.54 bits per heavy atom. The van der Waals surface area contributed by atoms with Crippen LogP contribution in [0.1, 0.15) is 19.3 Å². The minimum absolute atomic E-state index is 0.289. The molecule has 0 saturated heterocycles. The van der Waals surface area contributed by atoms with Crippen LogP contribution in [-0.2, 0) is 0 Å². The van der Waals surface area contributed by atoms with Gasteiger partial charge in [0.25, 0.3) is 0 Å². The highest BCUT2D eigenvalue weighted by atomic mass is 19.1. The van der Waals surface area contributed by atoms with E-state index in [-0.39, 0.29) is 5.82 Å². The summed E-state index contributed by atoms with van der Waals surface area (Å²) in [7, 11) is 0. The Bertz CT molecular complexity index is 275. The molecule has 1 saturated carbocycles. The van der Waals surface area contributed by atoms with E-state index in [1.165, 1.54) is 24.9 Å². The maximum atomic E-state index is 11.8. The monoisotopic (exact) mass is 178 g/mol. The zero-order valence-corrected chi connectivity index (χ0v) is 7.28. The Balaban J connectivity index is 0.000000132. The van der Waals surface area contributed by atoms with Gasteiger partial charge in [0.15, 0.2) is 0 Å². The molecule has 1 aliphatic rings. The maximum Gasteiger partial charge on any atom is 0.141 e. The highest BCUT2D eigenvalue weighted by Crippen LogP contribution is 2.24. The van der Waals surface area contributed by atoms with E-state index < -0.39 is 0 Å². The lowest BCUT2D eigenvalue weighted by Crippen LogP contribution is -2.06. The first-order valence-electron chi connectivity index (χ1n) is 4.28. The largest absolute Gasteiger partial charge is 0.262 e. The molecular weight excluding hydrogens is 167 g/mol. The van der Waals surface area contributed by atoms with Crippen molar-refractivity contribution in [1.29, 1.82) is 5.26 Å². The molecule has 1 aromatic rings. The lowest BCUT2D eigenvalue weighted by atomic mass is 9.87. The summed E-state index contributed by atoms with van der Waals surface area (Å²) in [4.78, 5) is 3.51. The Labute approximate surface area is 77.0 Å². The highest BCUT2D eigenvalue weighted by Gasteiger charge is 2.14. The van der Waals surface area contributed by atoms with Crippen molar-refractivity contribution in [3.63, 3.8) is 0 Å². The summed E-state index contributed by atoms with van der Waals surface area (Å²) in [5.74, 6) is 0.132. The lowest BCUT2D eigenvalue weighted by Gasteiger charge is -2.15. The first-order valence-corrected chi connectivity index (χ1v) is 4.28. The van der Waals surface area contributed by atoms with Crippen LogP contribution < -0.4 is 0 Å². The third kappa shape index (κ3) is 3.66. The quantitative estimate of drug-likeness (QED) is 0.612. The number of aromatic nitrogens is 1. The third-order valence-electron chi connectivity index (χ3n) is 1.91. The molecule has 0 aliphatic heterocycles. The van der Waals surface area contributed by atoms with Crippen molar-refractivity contribution in [2.45, 2.75) is 19.3 Å². The van der Waals surface area contributed by atoms with E-state index in [0.29, 0.717) is 5.92 Å². The molecule has 0 unspecified atom stereocenters. The zero-order valence-electron chi connectivity index (χ0n) is 7.28. The second kappa shape index (κ2) is 5.26. The number of hydrogen-bond acceptors (Lipinski definition) is 2. The molecule has 0 radical (unpaired) electrons. The normalized spacial score (nSPS) is 14.8. The molecule has 1 fully saturated rings. The summed E-state index contributed by atoms with van der Waals surface area (Å²) >= 11 is 0. The SMILES string of the molecule is Fc1cccnc1.N#CC1CCC1. The van der Waals surface area contributed by atoms with Gasteiger partial charge >= 0.3 is 0 Å². The van der Waals surface area contributed by atoms with Gasteiger partial charge in [-0.15, -0.1) is 0 Å². The summed E-state index contributed by atoms with van der Waals surface area (Å²) in [6.07, 6.45) is 6.27. The molecule has 0 N–H and O–H groups in total. The second-order valence-corrected chi connectivity index (χ2v) is 2.93. The summed E-state index contributed by atoms with van der Waals surface area (Å²) in [5.41, 5.74) is 0. The molecule has 13 heavy (non-hydrogen) atoms. The number of pyridine rings is 1. The fourth-order valence-corrected chi connectivity index (χ4v) is 0.879. The summed E-state index contributed by atoms with van der Waals surface area (Å²) in [6, 6.07) is 5.11. The average Bonchev–Trinajstić information content (AvgIpc) is 2.04. The predicted molar refractivity (Wildman–Crippen MR) is 47.1 cm³/mol. The van der Waals surface area contributed by atoms with Crippen LogP contribution in [0, 0.1) is 23.1 Å². The van der Waals surface area contributed by atoms with Crippen LogP contribution in [0.15, 0.2) is 24.5 Å². The van der Waals surface area contributed by atoms with Crippen LogP contribution in [-0.4, -0.2) is 4.98 Å². The van der Waals surface area contributed by atoms with Crippen LogP contribution in [0.3, 0.4) is 0 Å². The van der Waals surface area contributed by atoms with Crippen molar-refractivity contribution in [1.82, 2.24) is 4.98 Å². The molecule has 0 spiro atoms. The molecule has 2 rings (SSSR count). The molecule has 0 atom stereocenters. The van der Waals surface area contributed by atoms with Gasteiger partial charge in [0.1, 0.15) is 5.82 Å². The molecular formula is C10H11FN2. The fourth-order valence-electron chi connectivity index (χ4n) is 0.879. The second-order valence-electron chi connectivity index (χ2n) is 2.93. The first-order chi connectivity index (χ1) is 6.33. The van der Waals surface area contributed by atoms with Gasteiger partial charge < -0.3 is 0 Å². The van der Waals surface area contributed by atoms with E-state index in [2.05, 4.69) is 11.1 Å². The molecule has 0 amide bonds. The Morgan fingerprint density at radius 2 is 2.31 bits per heavy atom. The summed E-state index contributed by atoms with van der Waals surface area (Å²) in [6.45, 7) is 0. The van der Waals surface area contributed by atoms with E-state index in [9.17, 15) is 4.39 Å². The molecule has 68 valence electrons. The molecule has 0 aromatic carbocycles. The first kappa shape index (κ1) is 9.66. The van der Waals surface area contributed by atoms with Crippen LogP contribution in [0.2, 0.25) is 0 Å². The highest BCUT2D eigenvalue weighted by molar-refractivity contribution is 4.92. The van der Waals surface area contributed by atoms with Crippen LogP contribution in [0.5, 0.6) is 0 Å². The van der Waals surface area contributed by atoms with Crippen molar-refractivity contribution in [2.24, 2.45) is 5.92 Å². The van der Waals surface area contributed by atoms with Gasteiger partial charge in [-0.3, -0.25) is 4.98 Å². The molecule has 1 heterocycles. The van der Waals surface area contributed by atoms with Gasteiger partial charge in [0.2, 0.25) is 0 Å². The molecule has 3 heteroatoms. The van der Waals surface area contributed by atoms with Crippen LogP contribution >= 0.6 is 0 Å². The molecule has 0 bridgehead atoms. The van der Waals surface area contributed by atoms with Gasteiger partial charge in [0, 0.05) is 12.1 Å². The number of hydrogen-bond donors (Lipinski definition) is 0. The van der Waals surface area contributed by atoms with Gasteiger partial charge in [-0.05, 0) is 25.0 Å². The maximum absolute atomic E-state index is 11.8. The molecule has 1 aromatic heterocycles. The minimum Gasteiger partial charge on any atom is -0.262 e. The summed E-state index contributed by atoms with van der Waals surface area (Å²) < 4.78 is 11.8. The Kier molecular flexibility index (Phi) is 3.90. The van der Waals surface area contributed by atoms with Gasteiger partial charge in [-0.25, -0.2) is 4.39 Å². The number of nitriles is 1. The standard InChI is InChI=1S/C5H4FN.C5H7N/c6-5-2-1-3-7-4-5;6-4-5-2-1-3-5/h1-4H;5H,1-3H2. The van der Waals surface area contributed by atoms with Crippen molar-refractivity contribution < 1.29 is 4.39 Å². The minimum atomic E-state index is -0.289. The van der Waals surface area contributed by atoms with Gasteiger partial charge in [-0.2, -0.15) is 5.26 Å². The third-order valence-corrected chi connectivity index (χ3v) is 1.91. The molecule has 1 aliphatic carbocycles. The van der Waals surface area contributed by atoms with Crippen molar-refractivity contribution in [3.8, 4) is 6.07 Å². The van der Waals surface area contributed by atoms with E-state index >= 15 is 0 Å². The fraction of sp³-hybridized carbons (Fsp3) is 0.400. The molecule has 2 nitrogen and oxygen atoms in total. The topological polar surface area (TPSA) is 36.7 Å². The van der Waals surface area contributed by atoms with Crippen LogP contribution in [0.4, 0.5) is 4.39 Å². The van der Waals surface area contributed by atoms with Crippen molar-refractivity contribution in [3.05, 3.63) is 30.3 Å². The Hall–Kier alpha value is -1.43. The van der Waals surface area contributed by atoms with E-state index in [1.807, 2.05) is 0 Å². The van der Waals surface area contributed by atoms with Crippen LogP contribution in [0.25, 0.3) is 0 Å². The Morgan fingerprint density at radius 3 is 2.46 bits per heavy atom. The van der Waals surface area contributed by atoms with Crippen molar-refractivity contribution in [2.75, 3.05) is 0 Å². The lowest BCUT2D eigenvalue weighted by molar-refractivity contribution is 0.397. The van der Waals surface area contributed by atoms with E-state index in [4.69, 9.17) is 5.26 Å². The van der Waals surface area contributed by atoms with E-state index in [1.54, 1.807) is 6.07 Å². The van der Waals surface area contributed by atoms with Gasteiger partial charge in [0.05, 0.1) is 12.3 Å². The number of nitrogens with zero attached hydrogens (tertiary/aromatic N) is 2. The summed E-state index contributed by atoms with van der Waals surface area (Å²) in [5, 5.41) is 8.14. The number of halogens is 1. The predicted octanol–water partition coefficient (Wildman–Crippen LogP) is 2.53. The zero-order chi connectivity index (χ0) is 9.52. The van der Waals surface area contributed by atoms with Crippen molar-refractivity contribution >= 4 is 0 Å². The van der Waals surface area contributed by atoms with E-state index in [0.717, 1.165) is 12.8 Å². The number of rotatable bonds is 0. The smallest absolute Gasteiger partial charge is 0.141 e. The van der Waals surface area contributed by atoms with Gasteiger partial charge in [-0.1, -0.05) is 6.42 Å². The average molecular weight is 178 g/mol.